The summed E-state index contributed by atoms with van der Waals surface area (Å²) in [6.45, 7) is 3.25. The van der Waals surface area contributed by atoms with Crippen LogP contribution in [0.1, 0.15) is 18.9 Å². The molecule has 0 unspecified atom stereocenters. The van der Waals surface area contributed by atoms with E-state index in [2.05, 4.69) is 5.92 Å². The van der Waals surface area contributed by atoms with Crippen LogP contribution in [0.5, 0.6) is 0 Å². The zero-order valence-corrected chi connectivity index (χ0v) is 9.20. The van der Waals surface area contributed by atoms with Crippen LogP contribution < -0.4 is 4.90 Å². The molecule has 0 fully saturated rings. The van der Waals surface area contributed by atoms with Crippen molar-refractivity contribution in [3.8, 4) is 18.4 Å². The van der Waals surface area contributed by atoms with Crippen LogP contribution in [0.25, 0.3) is 0 Å². The van der Waals surface area contributed by atoms with Crippen molar-refractivity contribution in [1.82, 2.24) is 0 Å². The Labute approximate surface area is 95.3 Å². The summed E-state index contributed by atoms with van der Waals surface area (Å²) in [4.78, 5) is 1.91. The molecule has 0 aliphatic carbocycles. The first-order valence-electron chi connectivity index (χ1n) is 5.11. The van der Waals surface area contributed by atoms with Gasteiger partial charge in [-0.3, -0.25) is 0 Å². The number of rotatable bonds is 4. The minimum Gasteiger partial charge on any atom is -0.360 e. The summed E-state index contributed by atoms with van der Waals surface area (Å²) >= 11 is 0. The predicted octanol–water partition coefficient (Wildman–Crippen LogP) is 2.55. The predicted molar refractivity (Wildman–Crippen MR) is 62.5 cm³/mol. The lowest BCUT2D eigenvalue weighted by Crippen LogP contribution is -2.24. The molecule has 0 saturated carbocycles. The van der Waals surface area contributed by atoms with Crippen LogP contribution in [-0.2, 0) is 0 Å². The Morgan fingerprint density at radius 3 is 2.75 bits per heavy atom. The highest BCUT2D eigenvalue weighted by molar-refractivity contribution is 5.51. The molecule has 0 aromatic heterocycles. The number of anilines is 1. The third-order valence-electron chi connectivity index (χ3n) is 2.21. The molecule has 0 atom stereocenters. The van der Waals surface area contributed by atoms with E-state index < -0.39 is 5.82 Å². The number of nitriles is 1. The first-order chi connectivity index (χ1) is 7.72. The maximum atomic E-state index is 13.4. The van der Waals surface area contributed by atoms with Gasteiger partial charge in [0.1, 0.15) is 11.9 Å². The van der Waals surface area contributed by atoms with Crippen LogP contribution in [-0.4, -0.2) is 13.1 Å². The second kappa shape index (κ2) is 5.78. The molecule has 1 rings (SSSR count). The van der Waals surface area contributed by atoms with E-state index in [9.17, 15) is 4.39 Å². The summed E-state index contributed by atoms with van der Waals surface area (Å²) in [7, 11) is 0. The fourth-order valence-corrected chi connectivity index (χ4v) is 1.47. The van der Waals surface area contributed by atoms with E-state index in [0.29, 0.717) is 6.54 Å². The molecular weight excluding hydrogens is 203 g/mol. The van der Waals surface area contributed by atoms with Crippen LogP contribution in [0.3, 0.4) is 0 Å². The van der Waals surface area contributed by atoms with Gasteiger partial charge in [-0.1, -0.05) is 12.8 Å². The molecule has 0 aliphatic rings. The third kappa shape index (κ3) is 2.74. The standard InChI is InChI=1S/C13H13FN2/c1-3-7-16(8-4-2)12-6-5-11(10-15)13(14)9-12/h1,5-6,9H,4,7-8H2,2H3. The van der Waals surface area contributed by atoms with Crippen LogP contribution >= 0.6 is 0 Å². The van der Waals surface area contributed by atoms with E-state index in [4.69, 9.17) is 11.7 Å². The monoisotopic (exact) mass is 216 g/mol. The molecule has 0 radical (unpaired) electrons. The molecule has 2 nitrogen and oxygen atoms in total. The van der Waals surface area contributed by atoms with Gasteiger partial charge in [0.05, 0.1) is 12.1 Å². The van der Waals surface area contributed by atoms with E-state index in [1.807, 2.05) is 11.8 Å². The topological polar surface area (TPSA) is 27.0 Å². The number of hydrogen-bond donors (Lipinski definition) is 0. The molecule has 0 spiro atoms. The van der Waals surface area contributed by atoms with E-state index in [1.54, 1.807) is 12.1 Å². The highest BCUT2D eigenvalue weighted by Crippen LogP contribution is 2.18. The van der Waals surface area contributed by atoms with Crippen molar-refractivity contribution in [2.45, 2.75) is 13.3 Å². The molecule has 82 valence electrons. The Morgan fingerprint density at radius 2 is 2.25 bits per heavy atom. The number of terminal acetylenes is 1. The first-order valence-corrected chi connectivity index (χ1v) is 5.11. The molecule has 1 aromatic rings. The molecular formula is C13H13FN2. The summed E-state index contributed by atoms with van der Waals surface area (Å²) in [6.07, 6.45) is 6.19. The van der Waals surface area contributed by atoms with Gasteiger partial charge in [-0.2, -0.15) is 5.26 Å². The summed E-state index contributed by atoms with van der Waals surface area (Å²) in [5.74, 6) is 2.04. The minimum atomic E-state index is -0.502. The minimum absolute atomic E-state index is 0.0564. The normalized spacial score (nSPS) is 9.25. The molecule has 0 bridgehead atoms. The number of benzene rings is 1. The zero-order chi connectivity index (χ0) is 12.0. The summed E-state index contributed by atoms with van der Waals surface area (Å²) < 4.78 is 13.4. The Bertz CT molecular complexity index is 440. The fraction of sp³-hybridized carbons (Fsp3) is 0.308. The lowest BCUT2D eigenvalue weighted by atomic mass is 10.2. The second-order valence-corrected chi connectivity index (χ2v) is 3.40. The molecule has 0 aliphatic heterocycles. The van der Waals surface area contributed by atoms with Gasteiger partial charge in [0, 0.05) is 12.2 Å². The maximum Gasteiger partial charge on any atom is 0.143 e. The largest absolute Gasteiger partial charge is 0.360 e. The summed E-state index contributed by atoms with van der Waals surface area (Å²) in [5.41, 5.74) is 0.775. The van der Waals surface area contributed by atoms with Crippen molar-refractivity contribution in [2.75, 3.05) is 18.0 Å². The van der Waals surface area contributed by atoms with Gasteiger partial charge < -0.3 is 4.90 Å². The van der Waals surface area contributed by atoms with Crippen molar-refractivity contribution in [2.24, 2.45) is 0 Å². The molecule has 1 aromatic carbocycles. The highest BCUT2D eigenvalue weighted by atomic mass is 19.1. The fourth-order valence-electron chi connectivity index (χ4n) is 1.47. The van der Waals surface area contributed by atoms with Crippen molar-refractivity contribution in [3.05, 3.63) is 29.6 Å². The van der Waals surface area contributed by atoms with Gasteiger partial charge in [-0.05, 0) is 24.6 Å². The van der Waals surface area contributed by atoms with Crippen molar-refractivity contribution >= 4 is 5.69 Å². The van der Waals surface area contributed by atoms with Gasteiger partial charge in [-0.15, -0.1) is 6.42 Å². The molecule has 0 heterocycles. The summed E-state index contributed by atoms with van der Waals surface area (Å²) in [6, 6.07) is 6.34. The quantitative estimate of drug-likeness (QED) is 0.723. The molecule has 3 heteroatoms. The summed E-state index contributed by atoms with van der Waals surface area (Å²) in [5, 5.41) is 8.62. The van der Waals surface area contributed by atoms with Crippen molar-refractivity contribution in [3.63, 3.8) is 0 Å². The highest BCUT2D eigenvalue weighted by Gasteiger charge is 2.07. The van der Waals surface area contributed by atoms with Gasteiger partial charge in [-0.25, -0.2) is 4.39 Å². The SMILES string of the molecule is C#CCN(CCC)c1ccc(C#N)c(F)c1. The van der Waals surface area contributed by atoms with E-state index in [-0.39, 0.29) is 5.56 Å². The Kier molecular flexibility index (Phi) is 4.36. The Morgan fingerprint density at radius 1 is 1.50 bits per heavy atom. The van der Waals surface area contributed by atoms with Gasteiger partial charge in [0.15, 0.2) is 0 Å². The van der Waals surface area contributed by atoms with Gasteiger partial charge in [0.25, 0.3) is 0 Å². The first kappa shape index (κ1) is 12.1. The number of halogens is 1. The second-order valence-electron chi connectivity index (χ2n) is 3.40. The van der Waals surface area contributed by atoms with E-state index >= 15 is 0 Å². The number of nitrogens with zero attached hydrogens (tertiary/aromatic N) is 2. The van der Waals surface area contributed by atoms with Crippen molar-refractivity contribution in [1.29, 1.82) is 5.26 Å². The zero-order valence-electron chi connectivity index (χ0n) is 9.20. The number of hydrogen-bond acceptors (Lipinski definition) is 2. The van der Waals surface area contributed by atoms with Crippen LogP contribution in [0.15, 0.2) is 18.2 Å². The van der Waals surface area contributed by atoms with E-state index in [0.717, 1.165) is 18.7 Å². The molecule has 16 heavy (non-hydrogen) atoms. The van der Waals surface area contributed by atoms with Gasteiger partial charge in [0.2, 0.25) is 0 Å². The van der Waals surface area contributed by atoms with Gasteiger partial charge >= 0.3 is 0 Å². The lowest BCUT2D eigenvalue weighted by Gasteiger charge is -2.21. The van der Waals surface area contributed by atoms with Crippen LogP contribution in [0.2, 0.25) is 0 Å². The Balaban J connectivity index is 2.98. The molecule has 0 N–H and O–H groups in total. The van der Waals surface area contributed by atoms with Crippen LogP contribution in [0, 0.1) is 29.5 Å². The average Bonchev–Trinajstić information content (AvgIpc) is 2.28. The van der Waals surface area contributed by atoms with Crippen molar-refractivity contribution < 1.29 is 4.39 Å². The lowest BCUT2D eigenvalue weighted by molar-refractivity contribution is 0.623. The Hall–Kier alpha value is -2.00. The molecule has 0 saturated heterocycles. The van der Waals surface area contributed by atoms with E-state index in [1.165, 1.54) is 12.1 Å². The average molecular weight is 216 g/mol. The third-order valence-corrected chi connectivity index (χ3v) is 2.21. The van der Waals surface area contributed by atoms with Crippen LogP contribution in [0.4, 0.5) is 10.1 Å². The molecule has 0 amide bonds. The smallest absolute Gasteiger partial charge is 0.143 e. The maximum absolute atomic E-state index is 13.4.